The molecular weight excluding hydrogens is 304 g/mol. The lowest BCUT2D eigenvalue weighted by Gasteiger charge is -2.13. The zero-order chi connectivity index (χ0) is 16.2. The molecule has 0 bridgehead atoms. The van der Waals surface area contributed by atoms with Crippen LogP contribution in [0.15, 0.2) is 58.5 Å². The van der Waals surface area contributed by atoms with Crippen LogP contribution in [0.1, 0.15) is 11.1 Å². The van der Waals surface area contributed by atoms with Gasteiger partial charge in [-0.05, 0) is 18.2 Å². The predicted octanol–water partition coefficient (Wildman–Crippen LogP) is 0.492. The summed E-state index contributed by atoms with van der Waals surface area (Å²) >= 11 is 0. The number of amidine groups is 1. The van der Waals surface area contributed by atoms with Gasteiger partial charge in [-0.1, -0.05) is 30.3 Å². The number of hydrogen-bond acceptors (Lipinski definition) is 5. The number of para-hydroxylation sites is 1. The molecular formula is C14H16N4O3S. The first kappa shape index (κ1) is 15.8. The van der Waals surface area contributed by atoms with E-state index in [0.717, 1.165) is 0 Å². The predicted molar refractivity (Wildman–Crippen MR) is 83.5 cm³/mol. The second kappa shape index (κ2) is 6.46. The van der Waals surface area contributed by atoms with E-state index in [4.69, 9.17) is 21.5 Å². The monoisotopic (exact) mass is 320 g/mol. The average molecular weight is 320 g/mol. The fourth-order valence-electron chi connectivity index (χ4n) is 1.97. The summed E-state index contributed by atoms with van der Waals surface area (Å²) in [5.74, 6) is 5.69. The Labute approximate surface area is 128 Å². The van der Waals surface area contributed by atoms with Crippen molar-refractivity contribution < 1.29 is 13.2 Å². The lowest BCUT2D eigenvalue weighted by molar-refractivity contribution is 0.305. The summed E-state index contributed by atoms with van der Waals surface area (Å²) in [7, 11) is -3.97. The standard InChI is InChI=1S/C14H16N4O3S/c15-14(18-16)13-10(5-4-8-12(13)22(17,19)20)9-21-11-6-2-1-3-7-11/h1-8H,9,16H2,(H2,15,18)(H2,17,19,20). The second-order valence-corrected chi connectivity index (χ2v) is 5.98. The largest absolute Gasteiger partial charge is 0.489 e. The van der Waals surface area contributed by atoms with Crippen LogP contribution in [0.25, 0.3) is 0 Å². The van der Waals surface area contributed by atoms with E-state index in [0.29, 0.717) is 11.3 Å². The van der Waals surface area contributed by atoms with Crippen molar-refractivity contribution >= 4 is 15.9 Å². The van der Waals surface area contributed by atoms with Crippen molar-refractivity contribution in [2.75, 3.05) is 0 Å². The van der Waals surface area contributed by atoms with Gasteiger partial charge in [0.2, 0.25) is 10.0 Å². The van der Waals surface area contributed by atoms with Crippen molar-refractivity contribution in [3.63, 3.8) is 0 Å². The highest BCUT2D eigenvalue weighted by Crippen LogP contribution is 2.21. The van der Waals surface area contributed by atoms with Crippen LogP contribution in [-0.2, 0) is 16.6 Å². The number of ether oxygens (including phenoxy) is 1. The van der Waals surface area contributed by atoms with E-state index < -0.39 is 10.0 Å². The summed E-state index contributed by atoms with van der Waals surface area (Å²) in [5.41, 5.74) is 6.38. The smallest absolute Gasteiger partial charge is 0.238 e. The van der Waals surface area contributed by atoms with Crippen LogP contribution in [0.3, 0.4) is 0 Å². The average Bonchev–Trinajstić information content (AvgIpc) is 2.52. The molecule has 0 atom stereocenters. The number of nitrogens with two attached hydrogens (primary N) is 3. The maximum atomic E-state index is 11.7. The van der Waals surface area contributed by atoms with E-state index in [2.05, 4.69) is 5.10 Å². The van der Waals surface area contributed by atoms with E-state index >= 15 is 0 Å². The number of rotatable bonds is 5. The van der Waals surface area contributed by atoms with Gasteiger partial charge in [-0.25, -0.2) is 13.6 Å². The molecule has 2 rings (SSSR count). The van der Waals surface area contributed by atoms with Crippen LogP contribution < -0.4 is 21.5 Å². The molecule has 0 aliphatic heterocycles. The number of primary sulfonamides is 1. The van der Waals surface area contributed by atoms with Crippen molar-refractivity contribution in [3.8, 4) is 5.75 Å². The van der Waals surface area contributed by atoms with Crippen molar-refractivity contribution in [2.45, 2.75) is 11.5 Å². The third-order valence-electron chi connectivity index (χ3n) is 2.95. The van der Waals surface area contributed by atoms with Gasteiger partial charge in [0.15, 0.2) is 5.84 Å². The van der Waals surface area contributed by atoms with Gasteiger partial charge in [0.25, 0.3) is 0 Å². The molecule has 116 valence electrons. The molecule has 0 saturated heterocycles. The van der Waals surface area contributed by atoms with Gasteiger partial charge in [-0.3, -0.25) is 0 Å². The Morgan fingerprint density at radius 1 is 1.09 bits per heavy atom. The molecule has 0 spiro atoms. The van der Waals surface area contributed by atoms with Gasteiger partial charge in [-0.2, -0.15) is 5.10 Å². The molecule has 7 nitrogen and oxygen atoms in total. The molecule has 6 N–H and O–H groups in total. The van der Waals surface area contributed by atoms with Crippen LogP contribution >= 0.6 is 0 Å². The highest BCUT2D eigenvalue weighted by molar-refractivity contribution is 7.89. The summed E-state index contributed by atoms with van der Waals surface area (Å²) in [6, 6.07) is 13.6. The van der Waals surface area contributed by atoms with Crippen molar-refractivity contribution in [1.29, 1.82) is 0 Å². The van der Waals surface area contributed by atoms with Gasteiger partial charge in [0.05, 0.1) is 4.90 Å². The molecule has 22 heavy (non-hydrogen) atoms. The molecule has 0 fully saturated rings. The van der Waals surface area contributed by atoms with E-state index in [1.807, 2.05) is 18.2 Å². The third-order valence-corrected chi connectivity index (χ3v) is 3.91. The zero-order valence-corrected chi connectivity index (χ0v) is 12.5. The van der Waals surface area contributed by atoms with E-state index in [1.165, 1.54) is 6.07 Å². The molecule has 0 saturated carbocycles. The topological polar surface area (TPSA) is 134 Å². The molecule has 8 heteroatoms. The maximum Gasteiger partial charge on any atom is 0.238 e. The molecule has 0 amide bonds. The normalized spacial score (nSPS) is 12.1. The molecule has 0 aromatic heterocycles. The SMILES string of the molecule is N/N=C(\N)c1c(COc2ccccc2)cccc1S(N)(=O)=O. The van der Waals surface area contributed by atoms with Gasteiger partial charge < -0.3 is 16.3 Å². The van der Waals surface area contributed by atoms with E-state index in [9.17, 15) is 8.42 Å². The Balaban J connectivity index is 2.43. The van der Waals surface area contributed by atoms with Crippen molar-refractivity contribution in [2.24, 2.45) is 21.8 Å². The van der Waals surface area contributed by atoms with Crippen LogP contribution in [0.4, 0.5) is 0 Å². The second-order valence-electron chi connectivity index (χ2n) is 4.45. The fraction of sp³-hybridized carbons (Fsp3) is 0.0714. The molecule has 0 unspecified atom stereocenters. The van der Waals surface area contributed by atoms with Gasteiger partial charge in [-0.15, -0.1) is 0 Å². The van der Waals surface area contributed by atoms with Gasteiger partial charge >= 0.3 is 0 Å². The first-order chi connectivity index (χ1) is 10.4. The Morgan fingerprint density at radius 3 is 2.36 bits per heavy atom. The number of hydrogen-bond donors (Lipinski definition) is 3. The minimum atomic E-state index is -3.97. The molecule has 0 aliphatic rings. The van der Waals surface area contributed by atoms with Crippen molar-refractivity contribution in [1.82, 2.24) is 0 Å². The Hall–Kier alpha value is -2.58. The maximum absolute atomic E-state index is 11.7. The third kappa shape index (κ3) is 3.54. The summed E-state index contributed by atoms with van der Waals surface area (Å²) in [5, 5.41) is 8.57. The Bertz CT molecular complexity index is 789. The molecule has 0 radical (unpaired) electrons. The van der Waals surface area contributed by atoms with Crippen LogP contribution in [0.2, 0.25) is 0 Å². The number of hydrazone groups is 1. The van der Waals surface area contributed by atoms with Gasteiger partial charge in [0, 0.05) is 11.1 Å². The fourth-order valence-corrected chi connectivity index (χ4v) is 2.76. The molecule has 0 heterocycles. The molecule has 2 aromatic carbocycles. The number of benzene rings is 2. The Morgan fingerprint density at radius 2 is 1.77 bits per heavy atom. The summed E-state index contributed by atoms with van der Waals surface area (Å²) in [6.45, 7) is 0.0962. The summed E-state index contributed by atoms with van der Waals surface area (Å²) < 4.78 is 29.0. The highest BCUT2D eigenvalue weighted by Gasteiger charge is 2.20. The molecule has 2 aromatic rings. The quantitative estimate of drug-likeness (QED) is 0.319. The number of nitrogens with zero attached hydrogens (tertiary/aromatic N) is 1. The first-order valence-corrected chi connectivity index (χ1v) is 7.84. The van der Waals surface area contributed by atoms with E-state index in [-0.39, 0.29) is 22.9 Å². The van der Waals surface area contributed by atoms with Crippen LogP contribution in [-0.4, -0.2) is 14.3 Å². The van der Waals surface area contributed by atoms with Crippen LogP contribution in [0.5, 0.6) is 5.75 Å². The summed E-state index contributed by atoms with van der Waals surface area (Å²) in [4.78, 5) is -0.145. The lowest BCUT2D eigenvalue weighted by Crippen LogP contribution is -2.24. The minimum absolute atomic E-state index is 0.0962. The number of sulfonamides is 1. The minimum Gasteiger partial charge on any atom is -0.489 e. The van der Waals surface area contributed by atoms with Gasteiger partial charge in [0.1, 0.15) is 12.4 Å². The lowest BCUT2D eigenvalue weighted by atomic mass is 10.1. The summed E-state index contributed by atoms with van der Waals surface area (Å²) in [6.07, 6.45) is 0. The Kier molecular flexibility index (Phi) is 4.64. The first-order valence-electron chi connectivity index (χ1n) is 6.29. The molecule has 0 aliphatic carbocycles. The van der Waals surface area contributed by atoms with Crippen molar-refractivity contribution in [3.05, 3.63) is 59.7 Å². The van der Waals surface area contributed by atoms with Crippen LogP contribution in [0, 0.1) is 0 Å². The zero-order valence-electron chi connectivity index (χ0n) is 11.6. The van der Waals surface area contributed by atoms with E-state index in [1.54, 1.807) is 24.3 Å². The highest BCUT2D eigenvalue weighted by atomic mass is 32.2.